The number of nitrogens with zero attached hydrogens (tertiary/aromatic N) is 2. The number of rotatable bonds is 5. The molecular weight excluding hydrogens is 308 g/mol. The molecule has 2 heterocycles. The normalized spacial score (nSPS) is 20.3. The lowest BCUT2D eigenvalue weighted by Crippen LogP contribution is -2.37. The van der Waals surface area contributed by atoms with E-state index in [0.29, 0.717) is 17.8 Å². The second kappa shape index (κ2) is 5.98. The molecule has 0 radical (unpaired) electrons. The molecular formula is C14H18N2O3S2. The van der Waals surface area contributed by atoms with Crippen LogP contribution in [-0.4, -0.2) is 42.5 Å². The van der Waals surface area contributed by atoms with Crippen LogP contribution >= 0.6 is 11.8 Å². The molecule has 0 spiro atoms. The van der Waals surface area contributed by atoms with Crippen molar-refractivity contribution in [3.63, 3.8) is 0 Å². The molecule has 3 rings (SSSR count). The lowest BCUT2D eigenvalue weighted by molar-refractivity contribution is 0.408. The molecule has 1 fully saturated rings. The van der Waals surface area contributed by atoms with Crippen molar-refractivity contribution < 1.29 is 12.9 Å². The summed E-state index contributed by atoms with van der Waals surface area (Å²) in [6.07, 6.45) is 3.89. The van der Waals surface area contributed by atoms with E-state index in [1.165, 1.54) is 0 Å². The van der Waals surface area contributed by atoms with Gasteiger partial charge in [-0.2, -0.15) is 16.1 Å². The van der Waals surface area contributed by atoms with Crippen LogP contribution in [0.2, 0.25) is 0 Å². The molecule has 114 valence electrons. The van der Waals surface area contributed by atoms with E-state index >= 15 is 0 Å². The third-order valence-electron chi connectivity index (χ3n) is 3.81. The van der Waals surface area contributed by atoms with E-state index in [0.717, 1.165) is 24.0 Å². The molecule has 0 amide bonds. The Bertz CT molecular complexity index is 727. The first-order valence-corrected chi connectivity index (χ1v) is 9.94. The van der Waals surface area contributed by atoms with Crippen LogP contribution in [-0.2, 0) is 15.8 Å². The molecule has 1 aliphatic heterocycles. The highest BCUT2D eigenvalue weighted by Crippen LogP contribution is 2.27. The topological polar surface area (TPSA) is 63.4 Å². The van der Waals surface area contributed by atoms with Gasteiger partial charge < -0.3 is 4.52 Å². The van der Waals surface area contributed by atoms with Gasteiger partial charge in [0.1, 0.15) is 11.4 Å². The van der Waals surface area contributed by atoms with Crippen molar-refractivity contribution in [2.75, 3.05) is 18.6 Å². The third kappa shape index (κ3) is 2.95. The summed E-state index contributed by atoms with van der Waals surface area (Å²) >= 11 is 1.69. The molecule has 0 saturated carbocycles. The zero-order valence-corrected chi connectivity index (χ0v) is 13.5. The number of sulfonamides is 1. The van der Waals surface area contributed by atoms with Crippen molar-refractivity contribution >= 4 is 32.8 Å². The number of benzene rings is 1. The highest BCUT2D eigenvalue weighted by Gasteiger charge is 2.34. The van der Waals surface area contributed by atoms with E-state index < -0.39 is 10.0 Å². The molecule has 1 saturated heterocycles. The summed E-state index contributed by atoms with van der Waals surface area (Å²) in [5.41, 5.74) is 1.13. The fourth-order valence-corrected chi connectivity index (χ4v) is 5.42. The summed E-state index contributed by atoms with van der Waals surface area (Å²) in [6, 6.07) is 7.47. The minimum atomic E-state index is -3.35. The maximum absolute atomic E-state index is 12.7. The highest BCUT2D eigenvalue weighted by molar-refractivity contribution is 7.98. The lowest BCUT2D eigenvalue weighted by Gasteiger charge is -2.22. The molecule has 2 aromatic rings. The first-order valence-electron chi connectivity index (χ1n) is 6.93. The number of aromatic nitrogens is 1. The van der Waals surface area contributed by atoms with Gasteiger partial charge in [0.25, 0.3) is 0 Å². The predicted molar refractivity (Wildman–Crippen MR) is 84.7 cm³/mol. The van der Waals surface area contributed by atoms with E-state index in [-0.39, 0.29) is 11.8 Å². The Morgan fingerprint density at radius 3 is 3.05 bits per heavy atom. The van der Waals surface area contributed by atoms with Crippen LogP contribution in [0, 0.1) is 0 Å². The number of para-hydroxylation sites is 1. The largest absolute Gasteiger partial charge is 0.356 e. The Balaban J connectivity index is 1.86. The average Bonchev–Trinajstić information content (AvgIpc) is 3.07. The molecule has 7 heteroatoms. The maximum Gasteiger partial charge on any atom is 0.220 e. The van der Waals surface area contributed by atoms with Crippen molar-refractivity contribution in [3.05, 3.63) is 30.0 Å². The van der Waals surface area contributed by atoms with Crippen LogP contribution in [0.1, 0.15) is 18.5 Å². The van der Waals surface area contributed by atoms with E-state index in [4.69, 9.17) is 4.52 Å². The Kier molecular flexibility index (Phi) is 4.24. The molecule has 1 aromatic carbocycles. The standard InChI is InChI=1S/C14H18N2O3S2/c1-20-9-11-5-4-8-16(11)21(17,18)10-13-12-6-2-3-7-14(12)19-15-13/h2-3,6-7,11H,4-5,8-10H2,1H3. The van der Waals surface area contributed by atoms with Crippen molar-refractivity contribution in [1.29, 1.82) is 0 Å². The summed E-state index contributed by atoms with van der Waals surface area (Å²) in [5, 5.41) is 4.72. The highest BCUT2D eigenvalue weighted by atomic mass is 32.2. The predicted octanol–water partition coefficient (Wildman–Crippen LogP) is 2.49. The fraction of sp³-hybridized carbons (Fsp3) is 0.500. The number of hydrogen-bond acceptors (Lipinski definition) is 5. The van der Waals surface area contributed by atoms with Gasteiger partial charge in [0.2, 0.25) is 10.0 Å². The zero-order valence-electron chi connectivity index (χ0n) is 11.9. The molecule has 0 N–H and O–H groups in total. The Morgan fingerprint density at radius 2 is 2.24 bits per heavy atom. The van der Waals surface area contributed by atoms with Gasteiger partial charge >= 0.3 is 0 Å². The molecule has 1 atom stereocenters. The first-order chi connectivity index (χ1) is 10.1. The second-order valence-corrected chi connectivity index (χ2v) is 8.08. The molecule has 0 aliphatic carbocycles. The van der Waals surface area contributed by atoms with E-state index in [9.17, 15) is 8.42 Å². The summed E-state index contributed by atoms with van der Waals surface area (Å²) < 4.78 is 32.2. The van der Waals surface area contributed by atoms with Gasteiger partial charge in [-0.05, 0) is 31.2 Å². The monoisotopic (exact) mass is 326 g/mol. The molecule has 1 aliphatic rings. The first kappa shape index (κ1) is 14.9. The minimum Gasteiger partial charge on any atom is -0.356 e. The summed E-state index contributed by atoms with van der Waals surface area (Å²) in [6.45, 7) is 0.614. The van der Waals surface area contributed by atoms with Crippen molar-refractivity contribution in [2.24, 2.45) is 0 Å². The molecule has 0 bridgehead atoms. The van der Waals surface area contributed by atoms with Crippen LogP contribution in [0.4, 0.5) is 0 Å². The van der Waals surface area contributed by atoms with Gasteiger partial charge in [0.15, 0.2) is 5.58 Å². The number of hydrogen-bond donors (Lipinski definition) is 0. The summed E-state index contributed by atoms with van der Waals surface area (Å²) in [7, 11) is -3.35. The van der Waals surface area contributed by atoms with E-state index in [1.54, 1.807) is 22.1 Å². The Morgan fingerprint density at radius 1 is 1.43 bits per heavy atom. The van der Waals surface area contributed by atoms with E-state index in [2.05, 4.69) is 5.16 Å². The molecule has 5 nitrogen and oxygen atoms in total. The average molecular weight is 326 g/mol. The van der Waals surface area contributed by atoms with Gasteiger partial charge in [-0.1, -0.05) is 17.3 Å². The Hall–Kier alpha value is -1.05. The van der Waals surface area contributed by atoms with Gasteiger partial charge in [-0.25, -0.2) is 8.42 Å². The SMILES string of the molecule is CSCC1CCCN1S(=O)(=O)Cc1noc2ccccc12. The third-order valence-corrected chi connectivity index (χ3v) is 6.36. The smallest absolute Gasteiger partial charge is 0.220 e. The maximum atomic E-state index is 12.7. The van der Waals surface area contributed by atoms with Crippen molar-refractivity contribution in [1.82, 2.24) is 9.46 Å². The van der Waals surface area contributed by atoms with Gasteiger partial charge in [-0.15, -0.1) is 0 Å². The number of thioether (sulfide) groups is 1. The summed E-state index contributed by atoms with van der Waals surface area (Å²) in [5.74, 6) is 0.758. The number of fused-ring (bicyclic) bond motifs is 1. The molecule has 1 aromatic heterocycles. The fourth-order valence-electron chi connectivity index (χ4n) is 2.83. The van der Waals surface area contributed by atoms with Crippen molar-refractivity contribution in [3.8, 4) is 0 Å². The van der Waals surface area contributed by atoms with Crippen molar-refractivity contribution in [2.45, 2.75) is 24.6 Å². The second-order valence-electron chi connectivity index (χ2n) is 5.24. The van der Waals surface area contributed by atoms with E-state index in [1.807, 2.05) is 24.5 Å². The quantitative estimate of drug-likeness (QED) is 0.844. The minimum absolute atomic E-state index is 0.0884. The van der Waals surface area contributed by atoms with Gasteiger partial charge in [-0.3, -0.25) is 0 Å². The van der Waals surface area contributed by atoms with Crippen LogP contribution in [0.5, 0.6) is 0 Å². The summed E-state index contributed by atoms with van der Waals surface area (Å²) in [4.78, 5) is 0. The molecule has 1 unspecified atom stereocenters. The van der Waals surface area contributed by atoms with Gasteiger partial charge in [0.05, 0.1) is 0 Å². The zero-order chi connectivity index (χ0) is 14.9. The van der Waals surface area contributed by atoms with Crippen LogP contribution in [0.25, 0.3) is 11.0 Å². The van der Waals surface area contributed by atoms with Crippen LogP contribution in [0.15, 0.2) is 28.8 Å². The molecule has 21 heavy (non-hydrogen) atoms. The van der Waals surface area contributed by atoms with Gasteiger partial charge in [0, 0.05) is 23.7 Å². The van der Waals surface area contributed by atoms with Crippen LogP contribution in [0.3, 0.4) is 0 Å². The van der Waals surface area contributed by atoms with Crippen LogP contribution < -0.4 is 0 Å². The Labute approximate surface area is 128 Å². The lowest BCUT2D eigenvalue weighted by atomic mass is 10.2.